The van der Waals surface area contributed by atoms with Crippen molar-refractivity contribution in [3.63, 3.8) is 0 Å². The zero-order valence-corrected chi connectivity index (χ0v) is 9.80. The molecule has 1 aliphatic heterocycles. The van der Waals surface area contributed by atoms with Crippen molar-refractivity contribution in [2.75, 3.05) is 13.2 Å². The van der Waals surface area contributed by atoms with Crippen LogP contribution in [0, 0.1) is 0 Å². The third-order valence-electron chi connectivity index (χ3n) is 3.46. The van der Waals surface area contributed by atoms with Gasteiger partial charge in [-0.3, -0.25) is 4.98 Å². The van der Waals surface area contributed by atoms with Crippen LogP contribution < -0.4 is 4.74 Å². The molecule has 2 aliphatic rings. The highest BCUT2D eigenvalue weighted by Crippen LogP contribution is 2.36. The number of nitrogens with zero attached hydrogens (tertiary/aromatic N) is 1. The van der Waals surface area contributed by atoms with Crippen molar-refractivity contribution in [3.05, 3.63) is 24.5 Å². The smallest absolute Gasteiger partial charge is 0.168 e. The molecule has 0 atom stereocenters. The number of ether oxygens (including phenoxy) is 3. The Labute approximate surface area is 101 Å². The molecule has 0 N–H and O–H groups in total. The summed E-state index contributed by atoms with van der Waals surface area (Å²) in [5.41, 5.74) is 0. The fourth-order valence-electron chi connectivity index (χ4n) is 2.54. The maximum Gasteiger partial charge on any atom is 0.168 e. The second kappa shape index (κ2) is 4.63. The molecule has 4 nitrogen and oxygen atoms in total. The van der Waals surface area contributed by atoms with Crippen molar-refractivity contribution in [2.45, 2.75) is 37.6 Å². The van der Waals surface area contributed by atoms with E-state index in [1.807, 2.05) is 12.1 Å². The molecule has 17 heavy (non-hydrogen) atoms. The summed E-state index contributed by atoms with van der Waals surface area (Å²) in [6.07, 6.45) is 7.62. The number of hydrogen-bond acceptors (Lipinski definition) is 4. The van der Waals surface area contributed by atoms with Crippen molar-refractivity contribution in [1.82, 2.24) is 4.98 Å². The van der Waals surface area contributed by atoms with Gasteiger partial charge in [0.05, 0.1) is 19.3 Å². The van der Waals surface area contributed by atoms with Gasteiger partial charge in [0.15, 0.2) is 5.79 Å². The van der Waals surface area contributed by atoms with E-state index in [1.54, 1.807) is 12.4 Å². The zero-order valence-electron chi connectivity index (χ0n) is 9.80. The van der Waals surface area contributed by atoms with Crippen LogP contribution in [0.15, 0.2) is 24.5 Å². The van der Waals surface area contributed by atoms with Gasteiger partial charge in [-0.15, -0.1) is 0 Å². The van der Waals surface area contributed by atoms with Crippen LogP contribution in [0.4, 0.5) is 0 Å². The van der Waals surface area contributed by atoms with Crippen LogP contribution in [0.2, 0.25) is 0 Å². The molecule has 1 aromatic heterocycles. The van der Waals surface area contributed by atoms with E-state index in [2.05, 4.69) is 4.98 Å². The van der Waals surface area contributed by atoms with Gasteiger partial charge >= 0.3 is 0 Å². The highest BCUT2D eigenvalue weighted by atomic mass is 16.7. The van der Waals surface area contributed by atoms with E-state index in [0.29, 0.717) is 0 Å². The van der Waals surface area contributed by atoms with E-state index in [9.17, 15) is 0 Å². The van der Waals surface area contributed by atoms with Gasteiger partial charge in [-0.2, -0.15) is 0 Å². The Morgan fingerprint density at radius 1 is 1.12 bits per heavy atom. The largest absolute Gasteiger partial charge is 0.490 e. The predicted octanol–water partition coefficient (Wildman–Crippen LogP) is 2.15. The first-order valence-corrected chi connectivity index (χ1v) is 6.21. The van der Waals surface area contributed by atoms with Gasteiger partial charge in [-0.25, -0.2) is 0 Å². The van der Waals surface area contributed by atoms with Crippen LogP contribution in [0.3, 0.4) is 0 Å². The average Bonchev–Trinajstić information content (AvgIpc) is 2.83. The zero-order chi connectivity index (χ0) is 11.6. The summed E-state index contributed by atoms with van der Waals surface area (Å²) >= 11 is 0. The van der Waals surface area contributed by atoms with Crippen molar-refractivity contribution >= 4 is 0 Å². The Morgan fingerprint density at radius 3 is 2.41 bits per heavy atom. The number of rotatable bonds is 2. The Hall–Kier alpha value is -1.13. The third kappa shape index (κ3) is 2.42. The van der Waals surface area contributed by atoms with Crippen molar-refractivity contribution in [2.24, 2.45) is 0 Å². The van der Waals surface area contributed by atoms with E-state index in [1.165, 1.54) is 0 Å². The summed E-state index contributed by atoms with van der Waals surface area (Å²) in [7, 11) is 0. The summed E-state index contributed by atoms with van der Waals surface area (Å²) < 4.78 is 17.3. The summed E-state index contributed by atoms with van der Waals surface area (Å²) in [4.78, 5) is 3.98. The minimum atomic E-state index is -0.294. The van der Waals surface area contributed by atoms with Gasteiger partial charge < -0.3 is 14.2 Å². The Morgan fingerprint density at radius 2 is 1.76 bits per heavy atom. The predicted molar refractivity (Wildman–Crippen MR) is 61.8 cm³/mol. The van der Waals surface area contributed by atoms with E-state index in [4.69, 9.17) is 14.2 Å². The molecule has 0 aromatic carbocycles. The van der Waals surface area contributed by atoms with Crippen LogP contribution in [0.25, 0.3) is 0 Å². The summed E-state index contributed by atoms with van der Waals surface area (Å²) in [6.45, 7) is 1.46. The Bertz CT molecular complexity index is 352. The van der Waals surface area contributed by atoms with Gasteiger partial charge in [-0.1, -0.05) is 0 Å². The SMILES string of the molecule is c1cc(OC2CCC3(CC2)OCCO3)ccn1. The number of pyridine rings is 1. The Balaban J connectivity index is 1.55. The molecular weight excluding hydrogens is 218 g/mol. The molecule has 4 heteroatoms. The highest BCUT2D eigenvalue weighted by Gasteiger charge is 2.40. The lowest BCUT2D eigenvalue weighted by Gasteiger charge is -2.35. The van der Waals surface area contributed by atoms with Gasteiger partial charge in [0, 0.05) is 25.2 Å². The van der Waals surface area contributed by atoms with E-state index in [-0.39, 0.29) is 11.9 Å². The molecule has 92 valence electrons. The first-order chi connectivity index (χ1) is 8.36. The molecule has 0 amide bonds. The Kier molecular flexibility index (Phi) is 2.99. The van der Waals surface area contributed by atoms with Gasteiger partial charge in [0.2, 0.25) is 0 Å². The monoisotopic (exact) mass is 235 g/mol. The number of hydrogen-bond donors (Lipinski definition) is 0. The molecule has 2 heterocycles. The molecule has 2 fully saturated rings. The van der Waals surface area contributed by atoms with Crippen molar-refractivity contribution in [3.8, 4) is 5.75 Å². The van der Waals surface area contributed by atoms with Crippen LogP contribution in [-0.4, -0.2) is 30.1 Å². The van der Waals surface area contributed by atoms with Crippen LogP contribution >= 0.6 is 0 Å². The minimum Gasteiger partial charge on any atom is -0.490 e. The van der Waals surface area contributed by atoms with Gasteiger partial charge in [0.25, 0.3) is 0 Å². The molecule has 1 aliphatic carbocycles. The fraction of sp³-hybridized carbons (Fsp3) is 0.615. The lowest BCUT2D eigenvalue weighted by molar-refractivity contribution is -0.186. The first-order valence-electron chi connectivity index (χ1n) is 6.21. The summed E-state index contributed by atoms with van der Waals surface area (Å²) in [5, 5.41) is 0. The lowest BCUT2D eigenvalue weighted by atomic mass is 9.92. The lowest BCUT2D eigenvalue weighted by Crippen LogP contribution is -2.38. The van der Waals surface area contributed by atoms with E-state index >= 15 is 0 Å². The second-order valence-electron chi connectivity index (χ2n) is 4.61. The molecule has 0 bridgehead atoms. The third-order valence-corrected chi connectivity index (χ3v) is 3.46. The topological polar surface area (TPSA) is 40.6 Å². The number of aromatic nitrogens is 1. The van der Waals surface area contributed by atoms with E-state index in [0.717, 1.165) is 44.6 Å². The van der Waals surface area contributed by atoms with Crippen molar-refractivity contribution in [1.29, 1.82) is 0 Å². The van der Waals surface area contributed by atoms with Crippen molar-refractivity contribution < 1.29 is 14.2 Å². The molecule has 0 unspecified atom stereocenters. The van der Waals surface area contributed by atoms with Crippen LogP contribution in [0.5, 0.6) is 5.75 Å². The first kappa shape index (κ1) is 11.0. The maximum atomic E-state index is 5.91. The maximum absolute atomic E-state index is 5.91. The average molecular weight is 235 g/mol. The quantitative estimate of drug-likeness (QED) is 0.787. The highest BCUT2D eigenvalue weighted by molar-refractivity contribution is 5.17. The van der Waals surface area contributed by atoms with Gasteiger partial charge in [0.1, 0.15) is 5.75 Å². The standard InChI is InChI=1S/C13H17NO3/c1-5-13(15-9-10-16-13)6-2-11(1)17-12-3-7-14-8-4-12/h3-4,7-8,11H,1-2,5-6,9-10H2. The minimum absolute atomic E-state index is 0.274. The second-order valence-corrected chi connectivity index (χ2v) is 4.61. The van der Waals surface area contributed by atoms with Gasteiger partial charge in [-0.05, 0) is 25.0 Å². The molecule has 0 radical (unpaired) electrons. The summed E-state index contributed by atoms with van der Waals surface area (Å²) in [6, 6.07) is 3.79. The molecule has 1 saturated carbocycles. The molecule has 1 aromatic rings. The molecule has 3 rings (SSSR count). The fourth-order valence-corrected chi connectivity index (χ4v) is 2.54. The van der Waals surface area contributed by atoms with Crippen LogP contribution in [0.1, 0.15) is 25.7 Å². The molecular formula is C13H17NO3. The van der Waals surface area contributed by atoms with E-state index < -0.39 is 0 Å². The summed E-state index contributed by atoms with van der Waals surface area (Å²) in [5.74, 6) is 0.604. The molecule has 1 spiro atoms. The molecule has 1 saturated heterocycles. The normalized spacial score (nSPS) is 24.0. The van der Waals surface area contributed by atoms with Crippen LogP contribution in [-0.2, 0) is 9.47 Å².